The molecule has 0 saturated carbocycles. The van der Waals surface area contributed by atoms with Gasteiger partial charge in [-0.1, -0.05) is 0 Å². The van der Waals surface area contributed by atoms with Crippen molar-refractivity contribution < 1.29 is 39.9 Å². The molecule has 7 aromatic carbocycles. The van der Waals surface area contributed by atoms with E-state index in [4.69, 9.17) is 13.5 Å². The summed E-state index contributed by atoms with van der Waals surface area (Å²) in [5.41, 5.74) is -2.93. The van der Waals surface area contributed by atoms with Gasteiger partial charge in [0.05, 0.1) is 0 Å². The molecule has 0 heterocycles. The van der Waals surface area contributed by atoms with Crippen molar-refractivity contribution in [2.24, 2.45) is 0 Å². The molecule has 0 aliphatic rings. The number of nitriles is 4. The van der Waals surface area contributed by atoms with Crippen LogP contribution in [0.3, 0.4) is 0 Å². The minimum atomic E-state index is -5.31. The van der Waals surface area contributed by atoms with E-state index in [1.165, 1.54) is 0 Å². The van der Waals surface area contributed by atoms with Crippen LogP contribution in [0.4, 0.5) is 26.3 Å². The maximum absolute atomic E-state index is 15.2. The molecule has 0 atom stereocenters. The van der Waals surface area contributed by atoms with E-state index in [0.717, 1.165) is 38.5 Å². The maximum atomic E-state index is 15.2. The second-order valence-electron chi connectivity index (χ2n) is 20.1. The van der Waals surface area contributed by atoms with Crippen LogP contribution >= 0.6 is 13.7 Å². The molecule has 0 N–H and O–H groups in total. The molecule has 0 radical (unpaired) electrons. The molecule has 0 aliphatic carbocycles. The number of unbranched alkanes of at least 4 members (excludes halogenated alkanes) is 6. The first-order valence-corrected chi connectivity index (χ1v) is 32.0. The van der Waals surface area contributed by atoms with E-state index in [1.54, 1.807) is 109 Å². The van der Waals surface area contributed by atoms with Gasteiger partial charge in [-0.2, -0.15) is 0 Å². The van der Waals surface area contributed by atoms with Crippen LogP contribution < -0.4 is 36.5 Å². The van der Waals surface area contributed by atoms with E-state index in [-0.39, 0.29) is 42.4 Å². The molecule has 7 aromatic rings. The number of allylic oxidation sites excluding steroid dienone is 4. The number of hydrogen-bond acceptors (Lipinski definition) is 7. The second-order valence-corrected chi connectivity index (χ2v) is 29.1. The number of hydrogen-bond donors (Lipinski definition) is 0. The van der Waals surface area contributed by atoms with Crippen molar-refractivity contribution in [1.29, 1.82) is 21.0 Å². The van der Waals surface area contributed by atoms with Crippen molar-refractivity contribution >= 4 is 52.8 Å². The molecule has 16 heteroatoms. The van der Waals surface area contributed by atoms with Crippen molar-refractivity contribution in [3.8, 4) is 30.0 Å². The fraction of sp³-hybridized carbons (Fsp3) is 0.242. The predicted molar refractivity (Wildman–Crippen MR) is 319 cm³/mol. The van der Waals surface area contributed by atoms with Crippen LogP contribution in [-0.2, 0) is 21.2 Å². The van der Waals surface area contributed by atoms with Crippen LogP contribution in [0, 0.1) is 45.3 Å². The molecule has 0 unspecified atom stereocenters. The summed E-state index contributed by atoms with van der Waals surface area (Å²) in [5.74, 6) is -0.918. The first-order chi connectivity index (χ1) is 39.5. The third kappa shape index (κ3) is 12.9. The Balaban J connectivity index is 1.77. The van der Waals surface area contributed by atoms with Crippen LogP contribution in [0.15, 0.2) is 222 Å². The summed E-state index contributed by atoms with van der Waals surface area (Å²) < 4.78 is 114. The monoisotopic (exact) mass is 1150 g/mol. The van der Waals surface area contributed by atoms with E-state index in [2.05, 4.69) is 38.1 Å². The van der Waals surface area contributed by atoms with Crippen molar-refractivity contribution in [2.75, 3.05) is 12.3 Å². The third-order valence-corrected chi connectivity index (χ3v) is 26.6. The van der Waals surface area contributed by atoms with Crippen molar-refractivity contribution in [3.05, 3.63) is 234 Å². The summed E-state index contributed by atoms with van der Waals surface area (Å²) in [6.07, 6.45) is -4.61. The standard InChI is InChI=1S/C66H63BF6N4O3P2/c1-3-5-7-15-29-52(54(46-74)47-75)50-81(59-31-17-9-18-32-59,60-33-19-10-20-34-60,61-35-21-11-22-36-61)79-67(78-58-44-56(65(68,69)70)43-57(45-58)66(71,72)73)80-82(62-37-23-12-24-38-62,63-39-25-13-26-40-63,64-41-27-14-28-42-64)51-53(55(48-76)49-77)30-16-8-6-4-2/h9-14,17-28,31-45H,3-8,15-16,29-30,50-51H2,1-2H3. The van der Waals surface area contributed by atoms with Crippen LogP contribution in [-0.4, -0.2) is 19.6 Å². The van der Waals surface area contributed by atoms with Crippen LogP contribution in [0.2, 0.25) is 0 Å². The fourth-order valence-corrected chi connectivity index (χ4v) is 22.8. The van der Waals surface area contributed by atoms with Crippen molar-refractivity contribution in [1.82, 2.24) is 0 Å². The molecule has 82 heavy (non-hydrogen) atoms. The van der Waals surface area contributed by atoms with Gasteiger partial charge < -0.3 is 0 Å². The van der Waals surface area contributed by atoms with E-state index in [0.29, 0.717) is 67.9 Å². The Hall–Kier alpha value is -7.80. The first kappa shape index (κ1) is 61.8. The molecule has 0 saturated heterocycles. The zero-order chi connectivity index (χ0) is 58.7. The Bertz CT molecular complexity index is 3030. The van der Waals surface area contributed by atoms with Gasteiger partial charge in [0.15, 0.2) is 0 Å². The topological polar surface area (TPSA) is 123 Å². The first-order valence-electron chi connectivity index (χ1n) is 27.3. The van der Waals surface area contributed by atoms with Crippen LogP contribution in [0.1, 0.15) is 89.2 Å². The number of nitrogens with zero attached hydrogens (tertiary/aromatic N) is 4. The van der Waals surface area contributed by atoms with Crippen LogP contribution in [0.5, 0.6) is 5.75 Å². The molecule has 0 aliphatic heterocycles. The summed E-state index contributed by atoms with van der Waals surface area (Å²) in [4.78, 5) is 0. The van der Waals surface area contributed by atoms with Gasteiger partial charge in [0.25, 0.3) is 0 Å². The SMILES string of the molecule is CCCCCCC(CP(OB(Oc1cc(C(F)(F)F)cc(C(F)(F)F)c1)OP(CC(CCCCCC)=C(C#N)C#N)(c1ccccc1)(c1ccccc1)c1ccccc1)(c1ccccc1)(c1ccccc1)c1ccccc1)=C(C#N)C#N. The van der Waals surface area contributed by atoms with E-state index in [9.17, 15) is 21.0 Å². The molecular weight excluding hydrogens is 1080 g/mol. The molecule has 7 nitrogen and oxygen atoms in total. The zero-order valence-corrected chi connectivity index (χ0v) is 47.6. The van der Waals surface area contributed by atoms with E-state index in [1.807, 2.05) is 72.8 Å². The van der Waals surface area contributed by atoms with Gasteiger partial charge in [0, 0.05) is 0 Å². The Morgan fingerprint density at radius 2 is 0.671 bits per heavy atom. The Morgan fingerprint density at radius 1 is 0.402 bits per heavy atom. The van der Waals surface area contributed by atoms with E-state index >= 15 is 26.3 Å². The Morgan fingerprint density at radius 3 is 0.902 bits per heavy atom. The second kappa shape index (κ2) is 27.3. The molecule has 0 amide bonds. The molecule has 0 aromatic heterocycles. The molecule has 0 spiro atoms. The predicted octanol–water partition coefficient (Wildman–Crippen LogP) is 15.6. The number of benzene rings is 7. The average Bonchev–Trinajstić information content (AvgIpc) is 1.80. The molecule has 0 fully saturated rings. The average molecular weight is 1150 g/mol. The number of halogens is 6. The number of alkyl halides is 6. The summed E-state index contributed by atoms with van der Waals surface area (Å²) >= 11 is 0. The van der Waals surface area contributed by atoms with Gasteiger partial charge in [-0.25, -0.2) is 0 Å². The zero-order valence-electron chi connectivity index (χ0n) is 45.8. The van der Waals surface area contributed by atoms with Gasteiger partial charge in [0.2, 0.25) is 0 Å². The van der Waals surface area contributed by atoms with Crippen molar-refractivity contribution in [2.45, 2.75) is 90.4 Å². The summed E-state index contributed by atoms with van der Waals surface area (Å²) in [6, 6.07) is 63.6. The fourth-order valence-electron chi connectivity index (χ4n) is 11.1. The molecule has 7 rings (SSSR count). The van der Waals surface area contributed by atoms with Gasteiger partial charge >= 0.3 is 480 Å². The Kier molecular flexibility index (Phi) is 20.6. The van der Waals surface area contributed by atoms with E-state index < -0.39 is 50.2 Å². The minimum absolute atomic E-state index is 0.0151. The van der Waals surface area contributed by atoms with Gasteiger partial charge in [-0.15, -0.1) is 0 Å². The molecular formula is C66H63BF6N4O3P2. The summed E-state index contributed by atoms with van der Waals surface area (Å²) in [6.45, 7) is -6.45. The van der Waals surface area contributed by atoms with Gasteiger partial charge in [0.1, 0.15) is 0 Å². The normalized spacial score (nSPS) is 12.6. The summed E-state index contributed by atoms with van der Waals surface area (Å²) in [7, 11) is -2.36. The third-order valence-electron chi connectivity index (χ3n) is 15.0. The Labute approximate surface area is 477 Å². The van der Waals surface area contributed by atoms with Crippen molar-refractivity contribution in [3.63, 3.8) is 0 Å². The number of rotatable bonds is 26. The van der Waals surface area contributed by atoms with Gasteiger partial charge in [-0.3, -0.25) is 0 Å². The van der Waals surface area contributed by atoms with Crippen LogP contribution in [0.25, 0.3) is 0 Å². The molecule has 0 bridgehead atoms. The molecule has 420 valence electrons. The van der Waals surface area contributed by atoms with Gasteiger partial charge in [-0.05, 0) is 0 Å². The quantitative estimate of drug-likeness (QED) is 0.0174. The summed E-state index contributed by atoms with van der Waals surface area (Å²) in [5, 5.41) is 46.7.